The van der Waals surface area contributed by atoms with Crippen LogP contribution in [0.3, 0.4) is 0 Å². The van der Waals surface area contributed by atoms with Crippen molar-refractivity contribution in [3.8, 4) is 0 Å². The van der Waals surface area contributed by atoms with Gasteiger partial charge in [-0.3, -0.25) is 0 Å². The minimum absolute atomic E-state index is 0.304. The molecule has 0 aliphatic heterocycles. The third-order valence-electron chi connectivity index (χ3n) is 2.31. The topological polar surface area (TPSA) is 26.3 Å². The highest BCUT2D eigenvalue weighted by Crippen LogP contribution is 2.08. The molecule has 0 bridgehead atoms. The summed E-state index contributed by atoms with van der Waals surface area (Å²) in [7, 11) is 0. The zero-order chi connectivity index (χ0) is 13.2. The third-order valence-corrected chi connectivity index (χ3v) is 2.31. The van der Waals surface area contributed by atoms with E-state index in [9.17, 15) is 4.79 Å². The largest absolute Gasteiger partial charge is 0.462 e. The summed E-state index contributed by atoms with van der Waals surface area (Å²) in [6.07, 6.45) is 4.78. The van der Waals surface area contributed by atoms with Crippen molar-refractivity contribution >= 4 is 5.97 Å². The summed E-state index contributed by atoms with van der Waals surface area (Å²) in [4.78, 5) is 11.8. The van der Waals surface area contributed by atoms with Gasteiger partial charge in [-0.15, -0.1) is 12.3 Å². The molecule has 0 aliphatic carbocycles. The van der Waals surface area contributed by atoms with E-state index in [4.69, 9.17) is 4.74 Å². The minimum Gasteiger partial charge on any atom is -0.462 e. The summed E-state index contributed by atoms with van der Waals surface area (Å²) in [5.74, 6) is -0.304. The quantitative estimate of drug-likeness (QED) is 0.330. The van der Waals surface area contributed by atoms with Crippen LogP contribution in [0.5, 0.6) is 0 Å². The van der Waals surface area contributed by atoms with Gasteiger partial charge in [0.15, 0.2) is 0 Å². The first kappa shape index (κ1) is 14.0. The first-order valence-electron chi connectivity index (χ1n) is 6.04. The number of carbonyl (C=O) groups excluding carboxylic acids is 1. The van der Waals surface area contributed by atoms with Gasteiger partial charge in [0.25, 0.3) is 0 Å². The van der Waals surface area contributed by atoms with Crippen molar-refractivity contribution in [2.45, 2.75) is 19.8 Å². The van der Waals surface area contributed by atoms with Crippen LogP contribution in [0.1, 0.15) is 18.9 Å². The second-order valence-corrected chi connectivity index (χ2v) is 3.73. The van der Waals surface area contributed by atoms with Crippen LogP contribution in [-0.4, -0.2) is 12.6 Å². The van der Waals surface area contributed by atoms with E-state index >= 15 is 0 Å². The summed E-state index contributed by atoms with van der Waals surface area (Å²) in [5.41, 5.74) is 4.62. The molecule has 2 heteroatoms. The van der Waals surface area contributed by atoms with Crippen molar-refractivity contribution in [1.82, 2.24) is 0 Å². The first-order chi connectivity index (χ1) is 8.77. The van der Waals surface area contributed by atoms with Gasteiger partial charge in [0.05, 0.1) is 12.2 Å². The number of allylic oxidation sites excluding steroid dienone is 1. The molecule has 0 atom stereocenters. The van der Waals surface area contributed by atoms with Gasteiger partial charge in [-0.2, -0.15) is 0 Å². The van der Waals surface area contributed by atoms with Crippen molar-refractivity contribution in [1.29, 1.82) is 0 Å². The van der Waals surface area contributed by atoms with E-state index < -0.39 is 0 Å². The Kier molecular flexibility index (Phi) is 6.31. The monoisotopic (exact) mass is 242 g/mol. The lowest BCUT2D eigenvalue weighted by atomic mass is 10.1. The summed E-state index contributed by atoms with van der Waals surface area (Å²) in [6.45, 7) is 5.80. The standard InChI is InChI=1S/C16H18O2/c1-3-5-7-12-15(16(17)18-4-2)13-14-10-8-6-9-11-14/h3,6-11H,1,4-5,13H2,2H3. The molecule has 0 spiro atoms. The molecule has 18 heavy (non-hydrogen) atoms. The fraction of sp³-hybridized carbons (Fsp3) is 0.250. The maximum Gasteiger partial charge on any atom is 0.342 e. The number of hydrogen-bond acceptors (Lipinski definition) is 2. The molecule has 2 nitrogen and oxygen atoms in total. The number of hydrogen-bond donors (Lipinski definition) is 0. The lowest BCUT2D eigenvalue weighted by molar-refractivity contribution is -0.138. The Labute approximate surface area is 108 Å². The molecule has 0 aromatic heterocycles. The lowest BCUT2D eigenvalue weighted by Crippen LogP contribution is -2.09. The van der Waals surface area contributed by atoms with Crippen LogP contribution in [0.2, 0.25) is 0 Å². The van der Waals surface area contributed by atoms with E-state index in [0.29, 0.717) is 25.0 Å². The Bertz CT molecular complexity index is 451. The summed E-state index contributed by atoms with van der Waals surface area (Å²) in [6, 6.07) is 9.81. The molecule has 0 unspecified atom stereocenters. The van der Waals surface area contributed by atoms with Crippen LogP contribution in [0.4, 0.5) is 0 Å². The van der Waals surface area contributed by atoms with Crippen LogP contribution < -0.4 is 0 Å². The van der Waals surface area contributed by atoms with E-state index in [2.05, 4.69) is 12.3 Å². The summed E-state index contributed by atoms with van der Waals surface area (Å²) >= 11 is 0. The molecule has 0 radical (unpaired) electrons. The zero-order valence-electron chi connectivity index (χ0n) is 10.7. The van der Waals surface area contributed by atoms with E-state index in [1.54, 1.807) is 19.1 Å². The first-order valence-corrected chi connectivity index (χ1v) is 6.04. The van der Waals surface area contributed by atoms with E-state index in [0.717, 1.165) is 5.56 Å². The van der Waals surface area contributed by atoms with E-state index in [1.807, 2.05) is 30.3 Å². The Morgan fingerprint density at radius 3 is 2.72 bits per heavy atom. The maximum atomic E-state index is 11.8. The Morgan fingerprint density at radius 2 is 2.11 bits per heavy atom. The van der Waals surface area contributed by atoms with Crippen molar-refractivity contribution in [2.75, 3.05) is 6.61 Å². The van der Waals surface area contributed by atoms with Gasteiger partial charge in [-0.05, 0) is 25.0 Å². The van der Waals surface area contributed by atoms with Crippen LogP contribution >= 0.6 is 0 Å². The van der Waals surface area contributed by atoms with Gasteiger partial charge in [0.1, 0.15) is 0 Å². The van der Waals surface area contributed by atoms with Crippen LogP contribution in [0.25, 0.3) is 0 Å². The van der Waals surface area contributed by atoms with Crippen molar-refractivity contribution < 1.29 is 9.53 Å². The maximum absolute atomic E-state index is 11.8. The predicted molar refractivity (Wildman–Crippen MR) is 73.2 cm³/mol. The lowest BCUT2D eigenvalue weighted by Gasteiger charge is -2.04. The van der Waals surface area contributed by atoms with E-state index in [-0.39, 0.29) is 5.97 Å². The zero-order valence-corrected chi connectivity index (χ0v) is 10.7. The molecule has 1 aromatic carbocycles. The van der Waals surface area contributed by atoms with Gasteiger partial charge in [-0.1, -0.05) is 36.4 Å². The average Bonchev–Trinajstić information content (AvgIpc) is 2.39. The fourth-order valence-electron chi connectivity index (χ4n) is 1.47. The van der Waals surface area contributed by atoms with Crippen LogP contribution in [0.15, 0.2) is 60.4 Å². The van der Waals surface area contributed by atoms with Crippen molar-refractivity contribution in [2.24, 2.45) is 0 Å². The molecule has 0 fully saturated rings. The third kappa shape index (κ3) is 4.86. The molecular weight excluding hydrogens is 224 g/mol. The highest BCUT2D eigenvalue weighted by atomic mass is 16.5. The molecular formula is C16H18O2. The van der Waals surface area contributed by atoms with Crippen LogP contribution in [0, 0.1) is 0 Å². The Morgan fingerprint density at radius 1 is 1.39 bits per heavy atom. The Hall–Kier alpha value is -2.05. The Balaban J connectivity index is 2.87. The van der Waals surface area contributed by atoms with Gasteiger partial charge in [0.2, 0.25) is 0 Å². The van der Waals surface area contributed by atoms with Crippen molar-refractivity contribution in [3.05, 3.63) is 65.9 Å². The highest BCUT2D eigenvalue weighted by Gasteiger charge is 2.10. The van der Waals surface area contributed by atoms with Gasteiger partial charge in [-0.25, -0.2) is 4.79 Å². The predicted octanol–water partition coefficient (Wildman–Crippen LogP) is 3.45. The summed E-state index contributed by atoms with van der Waals surface area (Å²) in [5, 5.41) is 0. The molecule has 94 valence electrons. The average molecular weight is 242 g/mol. The molecule has 0 saturated heterocycles. The van der Waals surface area contributed by atoms with Crippen LogP contribution in [-0.2, 0) is 16.0 Å². The van der Waals surface area contributed by atoms with Crippen molar-refractivity contribution in [3.63, 3.8) is 0 Å². The molecule has 0 amide bonds. The number of esters is 1. The second-order valence-electron chi connectivity index (χ2n) is 3.73. The molecule has 0 heterocycles. The number of rotatable bonds is 6. The fourth-order valence-corrected chi connectivity index (χ4v) is 1.47. The molecule has 0 N–H and O–H groups in total. The second kappa shape index (κ2) is 8.10. The number of carbonyl (C=O) groups is 1. The smallest absolute Gasteiger partial charge is 0.342 e. The minimum atomic E-state index is -0.304. The van der Waals surface area contributed by atoms with E-state index in [1.165, 1.54) is 0 Å². The van der Waals surface area contributed by atoms with Gasteiger partial charge < -0.3 is 4.74 Å². The molecule has 1 aromatic rings. The number of benzene rings is 1. The van der Waals surface area contributed by atoms with Gasteiger partial charge in [0, 0.05) is 6.42 Å². The van der Waals surface area contributed by atoms with Gasteiger partial charge >= 0.3 is 5.97 Å². The molecule has 0 aliphatic rings. The normalized spacial score (nSPS) is 9.17. The number of ether oxygens (including phenoxy) is 1. The molecule has 1 rings (SSSR count). The highest BCUT2D eigenvalue weighted by molar-refractivity contribution is 5.88. The summed E-state index contributed by atoms with van der Waals surface area (Å²) < 4.78 is 5.02. The SMILES string of the molecule is C=CCC=C=C(Cc1ccccc1)C(=O)OCC. The molecule has 0 saturated carbocycles.